The maximum absolute atomic E-state index is 13.3. The summed E-state index contributed by atoms with van der Waals surface area (Å²) < 4.78 is 0. The maximum Gasteiger partial charge on any atom is 0.201 e. The summed E-state index contributed by atoms with van der Waals surface area (Å²) in [6.07, 6.45) is 15.8. The number of carbonyl (C=O) groups is 4. The standard InChI is InChI=1S/C36H18N8O4S4/c45-33-9-1-5-13(49-33)21-17(9)25-37-29(21)42-26-19-11-3-7-15(51-35(11)47)23(19)31(39-26)44-28-20-12-4-8-16(52-36(12)48)24(20)32(40-28)43-27-18-10-2-6-14(50-34(10)46)22(18)30(38-27)41-25/h1-16H,(H2,37,38,39,40,41,42,43,44). The van der Waals surface area contributed by atoms with Gasteiger partial charge in [-0.15, -0.1) is 0 Å². The molecule has 0 saturated heterocycles. The number of nitrogens with one attached hydrogen (secondary N) is 2. The molecule has 250 valence electrons. The molecule has 17 rings (SSSR count). The Morgan fingerprint density at radius 1 is 0.365 bits per heavy atom. The Bertz CT molecular complexity index is 2810. The highest BCUT2D eigenvalue weighted by molar-refractivity contribution is 8.15. The molecule has 52 heavy (non-hydrogen) atoms. The van der Waals surface area contributed by atoms with Gasteiger partial charge in [0.1, 0.15) is 22.6 Å². The zero-order valence-electron chi connectivity index (χ0n) is 26.2. The van der Waals surface area contributed by atoms with Crippen LogP contribution in [0.3, 0.4) is 0 Å². The molecule has 0 fully saturated rings. The molecule has 8 atom stereocenters. The highest BCUT2D eigenvalue weighted by Crippen LogP contribution is 2.56. The zero-order valence-corrected chi connectivity index (χ0v) is 29.5. The Kier molecular flexibility index (Phi) is 5.37. The van der Waals surface area contributed by atoms with Crippen LogP contribution < -0.4 is 0 Å². The van der Waals surface area contributed by atoms with Crippen molar-refractivity contribution < 1.29 is 19.2 Å². The van der Waals surface area contributed by atoms with Crippen molar-refractivity contribution in [3.05, 3.63) is 94.2 Å². The molecule has 3 aromatic heterocycles. The van der Waals surface area contributed by atoms with E-state index in [1.165, 1.54) is 47.0 Å². The number of aromatic nitrogens is 8. The van der Waals surface area contributed by atoms with Crippen molar-refractivity contribution >= 4 is 112 Å². The summed E-state index contributed by atoms with van der Waals surface area (Å²) in [5, 5.41) is -1.02. The number of H-pyrrole nitrogens is 2. The van der Waals surface area contributed by atoms with Crippen molar-refractivity contribution in [1.29, 1.82) is 0 Å². The van der Waals surface area contributed by atoms with Gasteiger partial charge in [0.2, 0.25) is 20.5 Å². The summed E-state index contributed by atoms with van der Waals surface area (Å²) in [5.41, 5.74) is 8.32. The first kappa shape index (κ1) is 28.9. The molecule has 0 spiro atoms. The predicted octanol–water partition coefficient (Wildman–Crippen LogP) is 5.31. The molecule has 14 aliphatic rings. The van der Waals surface area contributed by atoms with Crippen LogP contribution in [0.1, 0.15) is 67.9 Å². The molecule has 2 N–H and O–H groups in total. The summed E-state index contributed by atoms with van der Waals surface area (Å²) in [4.78, 5) is 90.8. The fourth-order valence-corrected chi connectivity index (χ4v) is 13.5. The van der Waals surface area contributed by atoms with Crippen LogP contribution in [0.25, 0.3) is 44.9 Å². The second-order valence-electron chi connectivity index (χ2n) is 13.8. The number of allylic oxidation sites excluding steroid dienone is 6. The van der Waals surface area contributed by atoms with Crippen LogP contribution in [0.15, 0.2) is 48.6 Å². The Morgan fingerprint density at radius 2 is 0.712 bits per heavy atom. The van der Waals surface area contributed by atoms with Crippen LogP contribution in [0, 0.1) is 11.8 Å². The first-order chi connectivity index (χ1) is 25.4. The quantitative estimate of drug-likeness (QED) is 0.282. The Labute approximate surface area is 308 Å². The van der Waals surface area contributed by atoms with Gasteiger partial charge in [-0.25, -0.2) is 29.9 Å². The minimum absolute atomic E-state index is 0.0211. The summed E-state index contributed by atoms with van der Waals surface area (Å²) in [7, 11) is 0. The zero-order chi connectivity index (χ0) is 34.3. The molecule has 0 amide bonds. The van der Waals surface area contributed by atoms with E-state index in [9.17, 15) is 19.2 Å². The molecule has 4 aliphatic carbocycles. The lowest BCUT2D eigenvalue weighted by atomic mass is 9.87. The van der Waals surface area contributed by atoms with Crippen LogP contribution in [0.5, 0.6) is 0 Å². The second kappa shape index (κ2) is 9.66. The summed E-state index contributed by atoms with van der Waals surface area (Å²) >= 11 is 5.03. The van der Waals surface area contributed by atoms with E-state index in [2.05, 4.69) is 9.97 Å². The molecular formula is C36H18N8O4S4. The molecular weight excluding hydrogens is 737 g/mol. The van der Waals surface area contributed by atoms with Crippen molar-refractivity contribution in [2.45, 2.75) is 32.8 Å². The van der Waals surface area contributed by atoms with Crippen molar-refractivity contribution in [3.63, 3.8) is 0 Å². The van der Waals surface area contributed by atoms with Gasteiger partial charge in [-0.2, -0.15) is 0 Å². The summed E-state index contributed by atoms with van der Waals surface area (Å²) in [6.45, 7) is 0. The monoisotopic (exact) mass is 754 g/mol. The molecule has 16 heteroatoms. The second-order valence-corrected chi connectivity index (χ2v) is 18.4. The fourth-order valence-electron chi connectivity index (χ4n) is 9.01. The molecule has 0 radical (unpaired) electrons. The third-order valence-electron chi connectivity index (χ3n) is 11.2. The van der Waals surface area contributed by atoms with E-state index < -0.39 is 23.7 Å². The van der Waals surface area contributed by atoms with Crippen LogP contribution in [0.2, 0.25) is 0 Å². The lowest BCUT2D eigenvalue weighted by Gasteiger charge is -2.30. The third-order valence-corrected chi connectivity index (χ3v) is 15.7. The smallest absolute Gasteiger partial charge is 0.201 e. The molecule has 0 saturated carbocycles. The van der Waals surface area contributed by atoms with Crippen molar-refractivity contribution in [3.8, 4) is 0 Å². The van der Waals surface area contributed by atoms with Crippen LogP contribution in [-0.2, 0) is 19.2 Å². The number of hydrogen-bond acceptors (Lipinski definition) is 14. The maximum atomic E-state index is 13.3. The van der Waals surface area contributed by atoms with Gasteiger partial charge in [0.05, 0.1) is 44.7 Å². The number of thioether (sulfide) groups is 4. The average Bonchev–Trinajstić information content (AvgIpc) is 3.90. The first-order valence-corrected chi connectivity index (χ1v) is 20.2. The predicted molar refractivity (Wildman–Crippen MR) is 198 cm³/mol. The van der Waals surface area contributed by atoms with Crippen molar-refractivity contribution in [2.75, 3.05) is 0 Å². The van der Waals surface area contributed by atoms with Crippen molar-refractivity contribution in [1.82, 2.24) is 39.9 Å². The van der Waals surface area contributed by atoms with Gasteiger partial charge in [0.15, 0.2) is 23.3 Å². The van der Waals surface area contributed by atoms with Crippen LogP contribution in [-0.4, -0.2) is 70.8 Å². The van der Waals surface area contributed by atoms with E-state index in [4.69, 9.17) is 29.9 Å². The highest BCUT2D eigenvalue weighted by atomic mass is 32.2. The minimum Gasteiger partial charge on any atom is -0.324 e. The molecule has 13 heterocycles. The van der Waals surface area contributed by atoms with Gasteiger partial charge in [0.25, 0.3) is 0 Å². The molecule has 0 aromatic carbocycles. The normalized spacial score (nSPS) is 32.0. The molecule has 8 unspecified atom stereocenters. The van der Waals surface area contributed by atoms with E-state index in [-0.39, 0.29) is 41.5 Å². The Hall–Kier alpha value is -4.64. The first-order valence-electron chi connectivity index (χ1n) is 16.7. The highest BCUT2D eigenvalue weighted by Gasteiger charge is 2.48. The number of fused-ring (bicyclic) bond motifs is 12. The van der Waals surface area contributed by atoms with E-state index in [1.54, 1.807) is 0 Å². The molecule has 16 bridgehead atoms. The van der Waals surface area contributed by atoms with Gasteiger partial charge >= 0.3 is 0 Å². The molecule has 12 nitrogen and oxygen atoms in total. The van der Waals surface area contributed by atoms with Gasteiger partial charge < -0.3 is 9.97 Å². The van der Waals surface area contributed by atoms with Gasteiger partial charge in [-0.05, 0) is 0 Å². The van der Waals surface area contributed by atoms with Crippen molar-refractivity contribution in [2.24, 2.45) is 11.8 Å². The number of aromatic amines is 2. The number of carbonyl (C=O) groups excluding carboxylic acids is 4. The van der Waals surface area contributed by atoms with Gasteiger partial charge in [-0.3, -0.25) is 19.2 Å². The lowest BCUT2D eigenvalue weighted by Crippen LogP contribution is -2.27. The molecule has 3 aromatic rings. The topological polar surface area (TPSA) is 177 Å². The van der Waals surface area contributed by atoms with E-state index in [0.29, 0.717) is 57.0 Å². The summed E-state index contributed by atoms with van der Waals surface area (Å²) in [6, 6.07) is 0. The van der Waals surface area contributed by atoms with Gasteiger partial charge in [-0.1, -0.05) is 95.7 Å². The number of hydrogen-bond donors (Lipinski definition) is 2. The van der Waals surface area contributed by atoms with Gasteiger partial charge in [0, 0.05) is 44.5 Å². The van der Waals surface area contributed by atoms with E-state index in [1.807, 2.05) is 48.6 Å². The van der Waals surface area contributed by atoms with Crippen LogP contribution >= 0.6 is 47.0 Å². The van der Waals surface area contributed by atoms with Crippen LogP contribution in [0.4, 0.5) is 0 Å². The van der Waals surface area contributed by atoms with E-state index in [0.717, 1.165) is 33.4 Å². The largest absolute Gasteiger partial charge is 0.324 e. The minimum atomic E-state index is -0.545. The number of rotatable bonds is 0. The average molecular weight is 755 g/mol. The lowest BCUT2D eigenvalue weighted by molar-refractivity contribution is -0.112. The summed E-state index contributed by atoms with van der Waals surface area (Å²) in [5.74, 6) is -0.563. The number of nitrogens with zero attached hydrogens (tertiary/aromatic N) is 6. The Morgan fingerprint density at radius 3 is 1.21 bits per heavy atom. The van der Waals surface area contributed by atoms with E-state index >= 15 is 0 Å². The fraction of sp³-hybridized carbons (Fsp3) is 0.222. The third kappa shape index (κ3) is 3.51. The molecule has 10 aliphatic heterocycles. The SMILES string of the molecule is O=C1SC2C=CC1C1=C2c2nc1nc1nc(nc3[nH]c(nc4[nH]c(n2)c2c4C4C=CC2C(=O)S4)c2c3C3C=CC2C(=O)S3)C2=C1C1C=CC2C(=O)S1. The Balaban J connectivity index is 1.20.